The molecule has 27 heavy (non-hydrogen) atoms. The molecule has 5 nitrogen and oxygen atoms in total. The Morgan fingerprint density at radius 2 is 1.96 bits per heavy atom. The van der Waals surface area contributed by atoms with Gasteiger partial charge < -0.3 is 10.6 Å². The zero-order valence-electron chi connectivity index (χ0n) is 17.1. The van der Waals surface area contributed by atoms with Crippen LogP contribution >= 0.6 is 35.3 Å². The second-order valence-electron chi connectivity index (χ2n) is 7.71. The van der Waals surface area contributed by atoms with Gasteiger partial charge in [0.05, 0.1) is 12.2 Å². The summed E-state index contributed by atoms with van der Waals surface area (Å²) in [6.07, 6.45) is 9.57. The molecule has 2 heterocycles. The lowest BCUT2D eigenvalue weighted by Crippen LogP contribution is -2.53. The number of nitrogens with zero attached hydrogens (tertiary/aromatic N) is 3. The Hall–Kier alpha value is -0.410. The molecule has 7 heteroatoms. The number of piperidine rings is 1. The maximum Gasteiger partial charge on any atom is 0.191 e. The first-order valence-electron chi connectivity index (χ1n) is 10.4. The summed E-state index contributed by atoms with van der Waals surface area (Å²) in [6.45, 7) is 10.3. The highest BCUT2D eigenvalue weighted by Crippen LogP contribution is 2.25. The van der Waals surface area contributed by atoms with Gasteiger partial charge in [-0.1, -0.05) is 19.3 Å². The van der Waals surface area contributed by atoms with Crippen LogP contribution in [-0.4, -0.2) is 47.6 Å². The third kappa shape index (κ3) is 6.85. The molecule has 1 atom stereocenters. The number of halogens is 1. The zero-order valence-corrected chi connectivity index (χ0v) is 20.2. The summed E-state index contributed by atoms with van der Waals surface area (Å²) in [5.41, 5.74) is 1.13. The van der Waals surface area contributed by atoms with E-state index in [1.807, 2.05) is 0 Å². The van der Waals surface area contributed by atoms with Gasteiger partial charge in [0, 0.05) is 30.1 Å². The maximum absolute atomic E-state index is 4.79. The molecule has 0 bridgehead atoms. The first kappa shape index (κ1) is 22.9. The molecule has 3 rings (SSSR count). The Morgan fingerprint density at radius 1 is 1.19 bits per heavy atom. The molecule has 0 radical (unpaired) electrons. The first-order valence-corrected chi connectivity index (χ1v) is 11.2. The van der Waals surface area contributed by atoms with Crippen LogP contribution in [0, 0.1) is 13.8 Å². The van der Waals surface area contributed by atoms with E-state index in [0.717, 1.165) is 35.8 Å². The minimum atomic E-state index is 0. The SMILES string of the molecule is CCNC(=NCc1nc(C)c(C)s1)NC1CCCN(C2CCCCC2)C1.I. The number of aromatic nitrogens is 1. The molecular formula is C20H36IN5S. The van der Waals surface area contributed by atoms with Gasteiger partial charge in [-0.05, 0) is 53.0 Å². The number of likely N-dealkylation sites (tertiary alicyclic amines) is 1. The molecule has 154 valence electrons. The van der Waals surface area contributed by atoms with Crippen molar-refractivity contribution in [2.24, 2.45) is 4.99 Å². The second-order valence-corrected chi connectivity index (χ2v) is 9.00. The summed E-state index contributed by atoms with van der Waals surface area (Å²) in [7, 11) is 0. The lowest BCUT2D eigenvalue weighted by molar-refractivity contribution is 0.115. The fraction of sp³-hybridized carbons (Fsp3) is 0.800. The Balaban J connectivity index is 0.00000261. The third-order valence-electron chi connectivity index (χ3n) is 5.67. The van der Waals surface area contributed by atoms with Gasteiger partial charge >= 0.3 is 0 Å². The summed E-state index contributed by atoms with van der Waals surface area (Å²) < 4.78 is 0. The van der Waals surface area contributed by atoms with Crippen molar-refractivity contribution >= 4 is 41.3 Å². The predicted octanol–water partition coefficient (Wildman–Crippen LogP) is 4.23. The van der Waals surface area contributed by atoms with E-state index < -0.39 is 0 Å². The van der Waals surface area contributed by atoms with Crippen molar-refractivity contribution in [1.82, 2.24) is 20.5 Å². The summed E-state index contributed by atoms with van der Waals surface area (Å²) in [5.74, 6) is 0.938. The standard InChI is InChI=1S/C20H35N5S.HI/c1-4-21-20(22-13-19-23-15(2)16(3)26-19)24-17-9-8-12-25(14-17)18-10-6-5-7-11-18;/h17-18H,4-14H2,1-3H3,(H2,21,22,24);1H. The number of aryl methyl sites for hydroxylation is 2. The van der Waals surface area contributed by atoms with Gasteiger partial charge in [0.2, 0.25) is 0 Å². The van der Waals surface area contributed by atoms with Crippen LogP contribution in [0.2, 0.25) is 0 Å². The van der Waals surface area contributed by atoms with Crippen LogP contribution < -0.4 is 10.6 Å². The van der Waals surface area contributed by atoms with Crippen LogP contribution in [0.15, 0.2) is 4.99 Å². The number of aliphatic imine (C=N–C) groups is 1. The molecule has 1 aliphatic carbocycles. The van der Waals surface area contributed by atoms with Crippen LogP contribution in [0.5, 0.6) is 0 Å². The first-order chi connectivity index (χ1) is 12.7. The number of hydrogen-bond donors (Lipinski definition) is 2. The molecule has 1 saturated heterocycles. The van der Waals surface area contributed by atoms with E-state index in [1.165, 1.54) is 56.4 Å². The smallest absolute Gasteiger partial charge is 0.191 e. The molecule has 0 spiro atoms. The summed E-state index contributed by atoms with van der Waals surface area (Å²) >= 11 is 1.76. The Morgan fingerprint density at radius 3 is 2.63 bits per heavy atom. The van der Waals surface area contributed by atoms with Gasteiger partial charge in [-0.15, -0.1) is 35.3 Å². The number of rotatable bonds is 5. The van der Waals surface area contributed by atoms with Crippen molar-refractivity contribution in [2.45, 2.75) is 84.3 Å². The largest absolute Gasteiger partial charge is 0.357 e. The average molecular weight is 506 g/mol. The highest BCUT2D eigenvalue weighted by molar-refractivity contribution is 14.0. The van der Waals surface area contributed by atoms with Gasteiger partial charge in [-0.2, -0.15) is 0 Å². The molecule has 0 aromatic carbocycles. The molecule has 1 saturated carbocycles. The van der Waals surface area contributed by atoms with Gasteiger partial charge in [-0.3, -0.25) is 4.90 Å². The fourth-order valence-corrected chi connectivity index (χ4v) is 5.03. The van der Waals surface area contributed by atoms with E-state index in [4.69, 9.17) is 4.99 Å². The van der Waals surface area contributed by atoms with E-state index in [9.17, 15) is 0 Å². The van der Waals surface area contributed by atoms with Crippen molar-refractivity contribution in [2.75, 3.05) is 19.6 Å². The van der Waals surface area contributed by atoms with Crippen molar-refractivity contribution in [3.8, 4) is 0 Å². The molecule has 0 amide bonds. The third-order valence-corrected chi connectivity index (χ3v) is 6.73. The maximum atomic E-state index is 4.79. The average Bonchev–Trinajstić information content (AvgIpc) is 2.99. The van der Waals surface area contributed by atoms with Crippen LogP contribution in [-0.2, 0) is 6.54 Å². The number of nitrogens with one attached hydrogen (secondary N) is 2. The van der Waals surface area contributed by atoms with E-state index in [1.54, 1.807) is 11.3 Å². The van der Waals surface area contributed by atoms with Crippen LogP contribution in [0.3, 0.4) is 0 Å². The Labute approximate surface area is 185 Å². The fourth-order valence-electron chi connectivity index (χ4n) is 4.17. The highest BCUT2D eigenvalue weighted by atomic mass is 127. The highest BCUT2D eigenvalue weighted by Gasteiger charge is 2.27. The molecule has 2 aliphatic rings. The van der Waals surface area contributed by atoms with E-state index in [0.29, 0.717) is 12.6 Å². The van der Waals surface area contributed by atoms with Crippen LogP contribution in [0.1, 0.15) is 67.4 Å². The monoisotopic (exact) mass is 505 g/mol. The second kappa shape index (κ2) is 11.6. The normalized spacial score (nSPS) is 22.3. The molecule has 1 unspecified atom stereocenters. The number of thiazole rings is 1. The topological polar surface area (TPSA) is 52.6 Å². The molecule has 2 fully saturated rings. The summed E-state index contributed by atoms with van der Waals surface area (Å²) in [4.78, 5) is 13.4. The lowest BCUT2D eigenvalue weighted by atomic mass is 9.92. The molecular weight excluding hydrogens is 469 g/mol. The van der Waals surface area contributed by atoms with Gasteiger partial charge in [0.25, 0.3) is 0 Å². The van der Waals surface area contributed by atoms with Crippen LogP contribution in [0.4, 0.5) is 0 Å². The zero-order chi connectivity index (χ0) is 18.4. The molecule has 2 N–H and O–H groups in total. The minimum absolute atomic E-state index is 0. The van der Waals surface area contributed by atoms with E-state index in [2.05, 4.69) is 41.3 Å². The summed E-state index contributed by atoms with van der Waals surface area (Å²) in [6, 6.07) is 1.32. The molecule has 1 aromatic rings. The van der Waals surface area contributed by atoms with Gasteiger partial charge in [0.1, 0.15) is 5.01 Å². The van der Waals surface area contributed by atoms with Gasteiger partial charge in [-0.25, -0.2) is 9.98 Å². The predicted molar refractivity (Wildman–Crippen MR) is 126 cm³/mol. The number of guanidine groups is 1. The van der Waals surface area contributed by atoms with E-state index >= 15 is 0 Å². The van der Waals surface area contributed by atoms with Crippen molar-refractivity contribution in [3.63, 3.8) is 0 Å². The van der Waals surface area contributed by atoms with Gasteiger partial charge in [0.15, 0.2) is 5.96 Å². The van der Waals surface area contributed by atoms with Crippen molar-refractivity contribution < 1.29 is 0 Å². The quantitative estimate of drug-likeness (QED) is 0.357. The molecule has 1 aliphatic heterocycles. The molecule has 1 aromatic heterocycles. The summed E-state index contributed by atoms with van der Waals surface area (Å²) in [5, 5.41) is 8.21. The Kier molecular flexibility index (Phi) is 9.79. The van der Waals surface area contributed by atoms with Crippen LogP contribution in [0.25, 0.3) is 0 Å². The minimum Gasteiger partial charge on any atom is -0.357 e. The number of hydrogen-bond acceptors (Lipinski definition) is 4. The van der Waals surface area contributed by atoms with Crippen molar-refractivity contribution in [3.05, 3.63) is 15.6 Å². The lowest BCUT2D eigenvalue weighted by Gasteiger charge is -2.40. The van der Waals surface area contributed by atoms with Crippen molar-refractivity contribution in [1.29, 1.82) is 0 Å². The Bertz CT molecular complexity index is 578. The van der Waals surface area contributed by atoms with E-state index in [-0.39, 0.29) is 24.0 Å².